The van der Waals surface area contributed by atoms with E-state index in [0.717, 1.165) is 23.8 Å². The van der Waals surface area contributed by atoms with Crippen LogP contribution in [0.3, 0.4) is 0 Å². The Kier molecular flexibility index (Phi) is 5.23. The average molecular weight is 264 g/mol. The van der Waals surface area contributed by atoms with Crippen molar-refractivity contribution in [2.24, 2.45) is 5.92 Å². The van der Waals surface area contributed by atoms with Crippen LogP contribution < -0.4 is 9.64 Å². The Morgan fingerprint density at radius 1 is 1.32 bits per heavy atom. The van der Waals surface area contributed by atoms with Gasteiger partial charge in [0.2, 0.25) is 0 Å². The van der Waals surface area contributed by atoms with Crippen LogP contribution in [0.25, 0.3) is 0 Å². The van der Waals surface area contributed by atoms with Gasteiger partial charge < -0.3 is 14.7 Å². The van der Waals surface area contributed by atoms with E-state index in [9.17, 15) is 5.11 Å². The molecule has 0 spiro atoms. The van der Waals surface area contributed by atoms with Crippen LogP contribution >= 0.6 is 0 Å². The number of hydrogen-bond acceptors (Lipinski definition) is 2. The van der Waals surface area contributed by atoms with E-state index in [-0.39, 0.29) is 6.10 Å². The Labute approximate surface area is 116 Å². The third kappa shape index (κ3) is 4.51. The second kappa shape index (κ2) is 6.92. The van der Waals surface area contributed by atoms with Crippen molar-refractivity contribution < 1.29 is 14.7 Å². The van der Waals surface area contributed by atoms with Gasteiger partial charge in [0.15, 0.2) is 0 Å². The molecule has 1 atom stereocenters. The molecule has 2 N–H and O–H groups in total. The van der Waals surface area contributed by atoms with E-state index in [4.69, 9.17) is 4.74 Å². The molecule has 1 aromatic rings. The van der Waals surface area contributed by atoms with E-state index in [0.29, 0.717) is 6.61 Å². The largest absolute Gasteiger partial charge is 0.490 e. The Bertz CT molecular complexity index is 386. The molecule has 0 aromatic heterocycles. The summed E-state index contributed by atoms with van der Waals surface area (Å²) in [6.45, 7) is 7.90. The SMILES string of the molecule is Cc1ccccc1OC[C@H](O)C[NH+]1CCC(C)CC1. The maximum Gasteiger partial charge on any atom is 0.137 e. The third-order valence-electron chi connectivity index (χ3n) is 4.03. The highest BCUT2D eigenvalue weighted by atomic mass is 16.5. The summed E-state index contributed by atoms with van der Waals surface area (Å²) in [5.41, 5.74) is 1.12. The first-order valence-corrected chi connectivity index (χ1v) is 7.35. The smallest absolute Gasteiger partial charge is 0.137 e. The molecule has 0 unspecified atom stereocenters. The van der Waals surface area contributed by atoms with Gasteiger partial charge in [-0.1, -0.05) is 25.1 Å². The fourth-order valence-electron chi connectivity index (χ4n) is 2.67. The highest BCUT2D eigenvalue weighted by Gasteiger charge is 2.21. The summed E-state index contributed by atoms with van der Waals surface area (Å²) < 4.78 is 5.70. The molecule has 1 aromatic carbocycles. The first kappa shape index (κ1) is 14.4. The zero-order valence-electron chi connectivity index (χ0n) is 12.1. The lowest BCUT2D eigenvalue weighted by Crippen LogP contribution is -3.14. The number of likely N-dealkylation sites (tertiary alicyclic amines) is 1. The van der Waals surface area contributed by atoms with Gasteiger partial charge >= 0.3 is 0 Å². The summed E-state index contributed by atoms with van der Waals surface area (Å²) >= 11 is 0. The van der Waals surface area contributed by atoms with E-state index in [2.05, 4.69) is 6.92 Å². The van der Waals surface area contributed by atoms with Gasteiger partial charge in [-0.3, -0.25) is 0 Å². The fourth-order valence-corrected chi connectivity index (χ4v) is 2.67. The minimum atomic E-state index is -0.372. The molecule has 1 aliphatic rings. The monoisotopic (exact) mass is 264 g/mol. The number of nitrogens with one attached hydrogen (secondary N) is 1. The Balaban J connectivity index is 1.73. The summed E-state index contributed by atoms with van der Waals surface area (Å²) in [5.74, 6) is 1.73. The number of ether oxygens (including phenoxy) is 1. The van der Waals surface area contributed by atoms with Crippen molar-refractivity contribution >= 4 is 0 Å². The summed E-state index contributed by atoms with van der Waals surface area (Å²) in [7, 11) is 0. The molecule has 0 radical (unpaired) electrons. The number of benzene rings is 1. The molecular weight excluding hydrogens is 238 g/mol. The lowest BCUT2D eigenvalue weighted by molar-refractivity contribution is -0.909. The van der Waals surface area contributed by atoms with Gasteiger partial charge in [0.1, 0.15) is 25.0 Å². The van der Waals surface area contributed by atoms with E-state index < -0.39 is 0 Å². The predicted molar refractivity (Wildman–Crippen MR) is 76.6 cm³/mol. The highest BCUT2D eigenvalue weighted by molar-refractivity contribution is 5.31. The maximum atomic E-state index is 10.1. The van der Waals surface area contributed by atoms with Crippen LogP contribution in [0.4, 0.5) is 0 Å². The van der Waals surface area contributed by atoms with Gasteiger partial charge in [-0.2, -0.15) is 0 Å². The number of quaternary nitrogens is 1. The second-order valence-corrected chi connectivity index (χ2v) is 5.87. The van der Waals surface area contributed by atoms with Crippen molar-refractivity contribution in [3.63, 3.8) is 0 Å². The molecule has 106 valence electrons. The van der Waals surface area contributed by atoms with Crippen LogP contribution in [0.2, 0.25) is 0 Å². The molecule has 0 saturated carbocycles. The van der Waals surface area contributed by atoms with Crippen LogP contribution in [0, 0.1) is 12.8 Å². The number of piperidine rings is 1. The van der Waals surface area contributed by atoms with Crippen molar-refractivity contribution in [3.8, 4) is 5.75 Å². The van der Waals surface area contributed by atoms with E-state index in [1.165, 1.54) is 30.8 Å². The molecule has 1 aliphatic heterocycles. The molecule has 0 amide bonds. The van der Waals surface area contributed by atoms with Crippen LogP contribution in [0.1, 0.15) is 25.3 Å². The summed E-state index contributed by atoms with van der Waals surface area (Å²) in [4.78, 5) is 1.51. The molecule has 0 aliphatic carbocycles. The minimum Gasteiger partial charge on any atom is -0.490 e. The average Bonchev–Trinajstić information content (AvgIpc) is 2.40. The fraction of sp³-hybridized carbons (Fsp3) is 0.625. The molecule has 3 heteroatoms. The summed E-state index contributed by atoms with van der Waals surface area (Å²) in [6.07, 6.45) is 2.18. The first-order chi connectivity index (χ1) is 9.15. The molecule has 3 nitrogen and oxygen atoms in total. The lowest BCUT2D eigenvalue weighted by atomic mass is 9.99. The number of para-hydroxylation sites is 1. The van der Waals surface area contributed by atoms with Crippen LogP contribution in [-0.2, 0) is 0 Å². The van der Waals surface area contributed by atoms with Crippen LogP contribution in [0.5, 0.6) is 5.75 Å². The van der Waals surface area contributed by atoms with Crippen LogP contribution in [0.15, 0.2) is 24.3 Å². The summed E-state index contributed by atoms with van der Waals surface area (Å²) in [5, 5.41) is 10.1. The molecule has 1 heterocycles. The lowest BCUT2D eigenvalue weighted by Gasteiger charge is -2.28. The number of aliphatic hydroxyl groups is 1. The molecule has 19 heavy (non-hydrogen) atoms. The van der Waals surface area contributed by atoms with Gasteiger partial charge in [0.05, 0.1) is 13.1 Å². The van der Waals surface area contributed by atoms with E-state index in [1.807, 2.05) is 31.2 Å². The van der Waals surface area contributed by atoms with Crippen molar-refractivity contribution in [1.82, 2.24) is 0 Å². The van der Waals surface area contributed by atoms with E-state index in [1.54, 1.807) is 0 Å². The standard InChI is InChI=1S/C16H25NO2/c1-13-7-9-17(10-8-13)11-15(18)12-19-16-6-4-3-5-14(16)2/h3-6,13,15,18H,7-12H2,1-2H3/p+1/t15-/m1/s1. The number of rotatable bonds is 5. The Hall–Kier alpha value is -1.06. The molecular formula is C16H26NO2+. The minimum absolute atomic E-state index is 0.372. The van der Waals surface area contributed by atoms with Gasteiger partial charge in [0, 0.05) is 0 Å². The molecule has 1 saturated heterocycles. The highest BCUT2D eigenvalue weighted by Crippen LogP contribution is 2.16. The second-order valence-electron chi connectivity index (χ2n) is 5.87. The van der Waals surface area contributed by atoms with Gasteiger partial charge in [-0.15, -0.1) is 0 Å². The Morgan fingerprint density at radius 3 is 2.68 bits per heavy atom. The van der Waals surface area contributed by atoms with Crippen molar-refractivity contribution in [2.75, 3.05) is 26.2 Å². The predicted octanol–water partition coefficient (Wildman–Crippen LogP) is 1.05. The van der Waals surface area contributed by atoms with Gasteiger partial charge in [0.25, 0.3) is 0 Å². The Morgan fingerprint density at radius 2 is 2.00 bits per heavy atom. The first-order valence-electron chi connectivity index (χ1n) is 7.35. The topological polar surface area (TPSA) is 33.9 Å². The van der Waals surface area contributed by atoms with Gasteiger partial charge in [-0.05, 0) is 37.3 Å². The van der Waals surface area contributed by atoms with Crippen molar-refractivity contribution in [1.29, 1.82) is 0 Å². The van der Waals surface area contributed by atoms with Gasteiger partial charge in [-0.25, -0.2) is 0 Å². The van der Waals surface area contributed by atoms with E-state index >= 15 is 0 Å². The number of hydrogen-bond donors (Lipinski definition) is 2. The van der Waals surface area contributed by atoms with Crippen molar-refractivity contribution in [2.45, 2.75) is 32.8 Å². The summed E-state index contributed by atoms with van der Waals surface area (Å²) in [6, 6.07) is 7.94. The van der Waals surface area contributed by atoms with Crippen molar-refractivity contribution in [3.05, 3.63) is 29.8 Å². The zero-order valence-corrected chi connectivity index (χ0v) is 12.1. The zero-order chi connectivity index (χ0) is 13.7. The maximum absolute atomic E-state index is 10.1. The number of aryl methyl sites for hydroxylation is 1. The molecule has 1 fully saturated rings. The third-order valence-corrected chi connectivity index (χ3v) is 4.03. The molecule has 2 rings (SSSR count). The normalized spacial score (nSPS) is 25.0. The van der Waals surface area contributed by atoms with Crippen LogP contribution in [-0.4, -0.2) is 37.5 Å². The number of aliphatic hydroxyl groups excluding tert-OH is 1. The quantitative estimate of drug-likeness (QED) is 0.833. The molecule has 0 bridgehead atoms.